The van der Waals surface area contributed by atoms with Crippen molar-refractivity contribution in [3.8, 4) is 5.75 Å². The Hall–Kier alpha value is -1.69. The van der Waals surface area contributed by atoms with Gasteiger partial charge in [0.1, 0.15) is 5.75 Å². The molecule has 1 N–H and O–H groups in total. The number of methoxy groups -OCH3 is 1. The topological polar surface area (TPSA) is 55.8 Å². The van der Waals surface area contributed by atoms with Gasteiger partial charge in [0.25, 0.3) is 5.92 Å². The summed E-state index contributed by atoms with van der Waals surface area (Å²) >= 11 is 0. The van der Waals surface area contributed by atoms with E-state index in [1.54, 1.807) is 0 Å². The Labute approximate surface area is 116 Å². The van der Waals surface area contributed by atoms with E-state index < -0.39 is 23.9 Å². The first-order valence-electron chi connectivity index (χ1n) is 6.17. The molecule has 0 saturated carbocycles. The Kier molecular flexibility index (Phi) is 5.44. The van der Waals surface area contributed by atoms with E-state index in [-0.39, 0.29) is 12.2 Å². The van der Waals surface area contributed by atoms with E-state index in [0.29, 0.717) is 12.7 Å². The number of ether oxygens (including phenoxy) is 2. The molecule has 0 aliphatic heterocycles. The number of halogens is 2. The molecular weight excluding hydrogens is 270 g/mol. The molecule has 6 heteroatoms. The predicted octanol–water partition coefficient (Wildman–Crippen LogP) is 2.36. The Morgan fingerprint density at radius 1 is 1.35 bits per heavy atom. The molecule has 112 valence electrons. The maximum Gasteiger partial charge on any atom is 0.335 e. The number of rotatable bonds is 6. The highest BCUT2D eigenvalue weighted by atomic mass is 19.3. The van der Waals surface area contributed by atoms with Gasteiger partial charge in [0.05, 0.1) is 19.6 Å². The summed E-state index contributed by atoms with van der Waals surface area (Å²) in [6.45, 7) is 2.21. The minimum absolute atomic E-state index is 0.0144. The van der Waals surface area contributed by atoms with Gasteiger partial charge in [-0.25, -0.2) is 13.6 Å². The second kappa shape index (κ2) is 6.65. The molecule has 0 radical (unpaired) electrons. The standard InChI is InChI=1S/C14H18F2O4/c1-4-20-13(18)12(17)11(14(2,15)16)9-5-7-10(19-3)8-6-9/h5-8,11-12,17H,4H2,1-3H3/t11-,12-/m0/s1. The summed E-state index contributed by atoms with van der Waals surface area (Å²) in [6, 6.07) is 5.77. The average molecular weight is 288 g/mol. The number of aliphatic hydroxyl groups excluding tert-OH is 1. The molecule has 0 aromatic heterocycles. The first kappa shape index (κ1) is 16.4. The highest BCUT2D eigenvalue weighted by Crippen LogP contribution is 2.37. The minimum Gasteiger partial charge on any atom is -0.497 e. The smallest absolute Gasteiger partial charge is 0.335 e. The summed E-state index contributed by atoms with van der Waals surface area (Å²) in [4.78, 5) is 11.5. The molecule has 1 rings (SSSR count). The van der Waals surface area contributed by atoms with Crippen molar-refractivity contribution in [3.05, 3.63) is 29.8 Å². The van der Waals surface area contributed by atoms with E-state index in [9.17, 15) is 18.7 Å². The number of carbonyl (C=O) groups is 1. The number of hydrogen-bond acceptors (Lipinski definition) is 4. The Morgan fingerprint density at radius 2 is 1.90 bits per heavy atom. The van der Waals surface area contributed by atoms with Crippen LogP contribution in [0.3, 0.4) is 0 Å². The van der Waals surface area contributed by atoms with Crippen molar-refractivity contribution in [1.82, 2.24) is 0 Å². The van der Waals surface area contributed by atoms with E-state index >= 15 is 0 Å². The van der Waals surface area contributed by atoms with Gasteiger partial charge in [-0.1, -0.05) is 12.1 Å². The molecule has 1 aromatic carbocycles. The molecule has 0 fully saturated rings. The normalized spacial score (nSPS) is 14.5. The molecule has 0 bridgehead atoms. The third-order valence-corrected chi connectivity index (χ3v) is 2.86. The van der Waals surface area contributed by atoms with Gasteiger partial charge in [0.2, 0.25) is 0 Å². The van der Waals surface area contributed by atoms with E-state index in [2.05, 4.69) is 4.74 Å². The van der Waals surface area contributed by atoms with E-state index in [1.165, 1.54) is 38.3 Å². The highest BCUT2D eigenvalue weighted by molar-refractivity contribution is 5.76. The van der Waals surface area contributed by atoms with Gasteiger partial charge in [0, 0.05) is 6.92 Å². The minimum atomic E-state index is -3.28. The number of alkyl halides is 2. The summed E-state index contributed by atoms with van der Waals surface area (Å²) in [5.74, 6) is -5.51. The number of esters is 1. The zero-order valence-corrected chi connectivity index (χ0v) is 11.6. The molecule has 0 aliphatic rings. The van der Waals surface area contributed by atoms with Crippen molar-refractivity contribution in [1.29, 1.82) is 0 Å². The number of aliphatic hydroxyl groups is 1. The number of benzene rings is 1. The lowest BCUT2D eigenvalue weighted by Crippen LogP contribution is -2.39. The van der Waals surface area contributed by atoms with Crippen molar-refractivity contribution in [2.75, 3.05) is 13.7 Å². The third kappa shape index (κ3) is 3.90. The molecule has 0 aliphatic carbocycles. The van der Waals surface area contributed by atoms with Crippen molar-refractivity contribution in [2.24, 2.45) is 0 Å². The number of hydrogen-bond donors (Lipinski definition) is 1. The Balaban J connectivity index is 3.08. The monoisotopic (exact) mass is 288 g/mol. The van der Waals surface area contributed by atoms with Crippen LogP contribution in [0, 0.1) is 0 Å². The first-order valence-corrected chi connectivity index (χ1v) is 6.17. The molecule has 2 atom stereocenters. The summed E-state index contributed by atoms with van der Waals surface area (Å²) in [6.07, 6.45) is -1.93. The fraction of sp³-hybridized carbons (Fsp3) is 0.500. The zero-order valence-electron chi connectivity index (χ0n) is 11.6. The molecule has 4 nitrogen and oxygen atoms in total. The van der Waals surface area contributed by atoms with Crippen LogP contribution in [0.5, 0.6) is 5.75 Å². The van der Waals surface area contributed by atoms with Gasteiger partial charge >= 0.3 is 5.97 Å². The van der Waals surface area contributed by atoms with Crippen LogP contribution >= 0.6 is 0 Å². The summed E-state index contributed by atoms with van der Waals surface area (Å²) in [5.41, 5.74) is 0.138. The van der Waals surface area contributed by atoms with Crippen molar-refractivity contribution >= 4 is 5.97 Å². The van der Waals surface area contributed by atoms with Crippen LogP contribution in [0.25, 0.3) is 0 Å². The molecule has 0 amide bonds. The van der Waals surface area contributed by atoms with Crippen molar-refractivity contribution < 1.29 is 28.2 Å². The van der Waals surface area contributed by atoms with E-state index in [0.717, 1.165) is 0 Å². The second-order valence-electron chi connectivity index (χ2n) is 4.40. The average Bonchev–Trinajstić information content (AvgIpc) is 2.38. The van der Waals surface area contributed by atoms with Gasteiger partial charge < -0.3 is 14.6 Å². The van der Waals surface area contributed by atoms with Gasteiger partial charge in [0.15, 0.2) is 6.10 Å². The van der Waals surface area contributed by atoms with Crippen LogP contribution in [0.1, 0.15) is 25.3 Å². The molecule has 0 heterocycles. The summed E-state index contributed by atoms with van der Waals surface area (Å²) in [5, 5.41) is 9.84. The Morgan fingerprint density at radius 3 is 2.30 bits per heavy atom. The number of carbonyl (C=O) groups excluding carboxylic acids is 1. The van der Waals surface area contributed by atoms with Crippen LogP contribution in [0.2, 0.25) is 0 Å². The lowest BCUT2D eigenvalue weighted by atomic mass is 9.88. The first-order chi connectivity index (χ1) is 9.31. The molecule has 0 spiro atoms. The molecular formula is C14H18F2O4. The lowest BCUT2D eigenvalue weighted by Gasteiger charge is -2.27. The summed E-state index contributed by atoms with van der Waals surface area (Å²) < 4.78 is 37.0. The quantitative estimate of drug-likeness (QED) is 0.816. The molecule has 0 unspecified atom stereocenters. The van der Waals surface area contributed by atoms with Crippen LogP contribution in [0.15, 0.2) is 24.3 Å². The largest absolute Gasteiger partial charge is 0.497 e. The van der Waals surface area contributed by atoms with Crippen LogP contribution in [-0.4, -0.2) is 36.8 Å². The fourth-order valence-corrected chi connectivity index (χ4v) is 1.93. The van der Waals surface area contributed by atoms with Gasteiger partial charge in [-0.2, -0.15) is 0 Å². The second-order valence-corrected chi connectivity index (χ2v) is 4.40. The van der Waals surface area contributed by atoms with Gasteiger partial charge in [-0.15, -0.1) is 0 Å². The van der Waals surface area contributed by atoms with Gasteiger partial charge in [-0.05, 0) is 24.6 Å². The molecule has 1 aromatic rings. The van der Waals surface area contributed by atoms with Crippen LogP contribution in [-0.2, 0) is 9.53 Å². The molecule has 0 saturated heterocycles. The van der Waals surface area contributed by atoms with Gasteiger partial charge in [-0.3, -0.25) is 0 Å². The summed E-state index contributed by atoms with van der Waals surface area (Å²) in [7, 11) is 1.45. The SMILES string of the molecule is CCOC(=O)[C@@H](O)[C@H](c1ccc(OC)cc1)C(C)(F)F. The van der Waals surface area contributed by atoms with Crippen LogP contribution < -0.4 is 4.74 Å². The maximum absolute atomic E-state index is 13.7. The lowest BCUT2D eigenvalue weighted by molar-refractivity contribution is -0.160. The van der Waals surface area contributed by atoms with Crippen LogP contribution in [0.4, 0.5) is 8.78 Å². The highest BCUT2D eigenvalue weighted by Gasteiger charge is 2.44. The van der Waals surface area contributed by atoms with Crippen molar-refractivity contribution in [3.63, 3.8) is 0 Å². The zero-order chi connectivity index (χ0) is 15.3. The Bertz CT molecular complexity index is 439. The van der Waals surface area contributed by atoms with E-state index in [4.69, 9.17) is 4.74 Å². The fourth-order valence-electron chi connectivity index (χ4n) is 1.93. The maximum atomic E-state index is 13.7. The third-order valence-electron chi connectivity index (χ3n) is 2.86. The predicted molar refractivity (Wildman–Crippen MR) is 69.0 cm³/mol. The molecule has 20 heavy (non-hydrogen) atoms. The van der Waals surface area contributed by atoms with E-state index in [1.807, 2.05) is 0 Å². The van der Waals surface area contributed by atoms with Crippen molar-refractivity contribution in [2.45, 2.75) is 31.8 Å².